The van der Waals surface area contributed by atoms with Crippen LogP contribution < -0.4 is 10.5 Å². The van der Waals surface area contributed by atoms with Crippen molar-refractivity contribution in [2.45, 2.75) is 18.7 Å². The summed E-state index contributed by atoms with van der Waals surface area (Å²) in [6.07, 6.45) is 0. The van der Waals surface area contributed by atoms with Gasteiger partial charge in [-0.3, -0.25) is 9.71 Å². The summed E-state index contributed by atoms with van der Waals surface area (Å²) in [5, 5.41) is 0. The van der Waals surface area contributed by atoms with Crippen molar-refractivity contribution in [1.82, 2.24) is 4.98 Å². The summed E-state index contributed by atoms with van der Waals surface area (Å²) < 4.78 is 41.0. The highest BCUT2D eigenvalue weighted by Crippen LogP contribution is 2.27. The fraction of sp³-hybridized carbons (Fsp3) is 0.154. The molecule has 0 saturated heterocycles. The predicted molar refractivity (Wildman–Crippen MR) is 83.0 cm³/mol. The first-order valence-electron chi connectivity index (χ1n) is 5.92. The summed E-state index contributed by atoms with van der Waals surface area (Å²) in [6.45, 7) is 3.46. The van der Waals surface area contributed by atoms with Crippen LogP contribution in [0, 0.1) is 19.7 Å². The van der Waals surface area contributed by atoms with Gasteiger partial charge in [0.05, 0.1) is 11.4 Å². The number of aromatic nitrogens is 1. The van der Waals surface area contributed by atoms with Crippen molar-refractivity contribution in [2.24, 2.45) is 0 Å². The molecule has 21 heavy (non-hydrogen) atoms. The molecule has 5 nitrogen and oxygen atoms in total. The fourth-order valence-electron chi connectivity index (χ4n) is 1.74. The van der Waals surface area contributed by atoms with Crippen molar-refractivity contribution in [2.75, 3.05) is 10.5 Å². The Morgan fingerprint density at radius 2 is 1.95 bits per heavy atom. The van der Waals surface area contributed by atoms with E-state index in [1.807, 2.05) is 0 Å². The minimum absolute atomic E-state index is 0.135. The van der Waals surface area contributed by atoms with Gasteiger partial charge < -0.3 is 5.73 Å². The second kappa shape index (κ2) is 5.61. The SMILES string of the molecule is Cc1ccc(NS(=O)(=O)c2cc(N)c(Br)cc2F)c(C)n1. The van der Waals surface area contributed by atoms with Crippen LogP contribution in [0.25, 0.3) is 0 Å². The van der Waals surface area contributed by atoms with Crippen LogP contribution in [0.1, 0.15) is 11.4 Å². The zero-order valence-electron chi connectivity index (χ0n) is 11.3. The Bertz CT molecular complexity index is 809. The molecule has 0 bridgehead atoms. The molecule has 3 N–H and O–H groups in total. The molecule has 0 saturated carbocycles. The van der Waals surface area contributed by atoms with Crippen molar-refractivity contribution in [3.8, 4) is 0 Å². The predicted octanol–water partition coefficient (Wildman–Crippen LogP) is 2.98. The average Bonchev–Trinajstić information content (AvgIpc) is 2.37. The lowest BCUT2D eigenvalue weighted by Gasteiger charge is -2.12. The monoisotopic (exact) mass is 373 g/mol. The van der Waals surface area contributed by atoms with Crippen LogP contribution in [0.5, 0.6) is 0 Å². The van der Waals surface area contributed by atoms with E-state index in [0.717, 1.165) is 17.8 Å². The molecule has 0 aliphatic rings. The number of nitrogens with one attached hydrogen (secondary N) is 1. The molecule has 0 fully saturated rings. The summed E-state index contributed by atoms with van der Waals surface area (Å²) in [5.74, 6) is -0.888. The number of rotatable bonds is 3. The molecular weight excluding hydrogens is 361 g/mol. The molecule has 0 radical (unpaired) electrons. The Morgan fingerprint density at radius 3 is 2.57 bits per heavy atom. The highest BCUT2D eigenvalue weighted by Gasteiger charge is 2.21. The van der Waals surface area contributed by atoms with E-state index in [0.29, 0.717) is 15.9 Å². The van der Waals surface area contributed by atoms with E-state index in [-0.39, 0.29) is 5.69 Å². The molecule has 2 rings (SSSR count). The number of benzene rings is 1. The van der Waals surface area contributed by atoms with E-state index in [1.165, 1.54) is 0 Å². The lowest BCUT2D eigenvalue weighted by atomic mass is 10.3. The van der Waals surface area contributed by atoms with Crippen LogP contribution in [-0.4, -0.2) is 13.4 Å². The molecule has 8 heteroatoms. The van der Waals surface area contributed by atoms with Gasteiger partial charge in [-0.25, -0.2) is 12.8 Å². The zero-order valence-corrected chi connectivity index (χ0v) is 13.7. The van der Waals surface area contributed by atoms with Gasteiger partial charge in [-0.2, -0.15) is 0 Å². The summed E-state index contributed by atoms with van der Waals surface area (Å²) in [5.41, 5.74) is 7.30. The maximum atomic E-state index is 13.9. The molecule has 0 spiro atoms. The van der Waals surface area contributed by atoms with Gasteiger partial charge in [0.1, 0.15) is 10.7 Å². The van der Waals surface area contributed by atoms with Crippen LogP contribution in [0.4, 0.5) is 15.8 Å². The Labute approximate surface area is 130 Å². The third-order valence-corrected chi connectivity index (χ3v) is 4.88. The van der Waals surface area contributed by atoms with Gasteiger partial charge in [0, 0.05) is 15.9 Å². The first kappa shape index (κ1) is 15.7. The summed E-state index contributed by atoms with van der Waals surface area (Å²) >= 11 is 3.04. The Morgan fingerprint density at radius 1 is 1.29 bits per heavy atom. The van der Waals surface area contributed by atoms with Gasteiger partial charge in [-0.15, -0.1) is 0 Å². The highest BCUT2D eigenvalue weighted by molar-refractivity contribution is 9.10. The molecular formula is C13H13BrFN3O2S. The molecule has 0 aliphatic carbocycles. The standard InChI is InChI=1S/C13H13BrFN3O2S/c1-7-3-4-12(8(2)17-7)18-21(19,20)13-6-11(16)9(14)5-10(13)15/h3-6,18H,16H2,1-2H3. The van der Waals surface area contributed by atoms with E-state index < -0.39 is 20.7 Å². The minimum Gasteiger partial charge on any atom is -0.398 e. The molecule has 1 aromatic heterocycles. The van der Waals surface area contributed by atoms with Crippen LogP contribution in [-0.2, 0) is 10.0 Å². The van der Waals surface area contributed by atoms with Crippen LogP contribution in [0.2, 0.25) is 0 Å². The second-order valence-corrected chi connectivity index (χ2v) is 7.00. The number of hydrogen-bond acceptors (Lipinski definition) is 4. The second-order valence-electron chi connectivity index (χ2n) is 4.50. The molecule has 0 atom stereocenters. The molecule has 112 valence electrons. The van der Waals surface area contributed by atoms with E-state index in [2.05, 4.69) is 25.6 Å². The van der Waals surface area contributed by atoms with Crippen molar-refractivity contribution in [3.05, 3.63) is 45.9 Å². The van der Waals surface area contributed by atoms with Crippen LogP contribution in [0.15, 0.2) is 33.6 Å². The molecule has 1 heterocycles. The minimum atomic E-state index is -4.08. The smallest absolute Gasteiger partial charge is 0.264 e. The Kier molecular flexibility index (Phi) is 4.20. The van der Waals surface area contributed by atoms with Gasteiger partial charge in [0.2, 0.25) is 0 Å². The number of halogens is 2. The normalized spacial score (nSPS) is 11.4. The lowest BCUT2D eigenvalue weighted by molar-refractivity contribution is 0.570. The largest absolute Gasteiger partial charge is 0.398 e. The van der Waals surface area contributed by atoms with E-state index in [4.69, 9.17) is 5.73 Å². The summed E-state index contributed by atoms with van der Waals surface area (Å²) in [4.78, 5) is 3.64. The van der Waals surface area contributed by atoms with Crippen molar-refractivity contribution in [3.63, 3.8) is 0 Å². The summed E-state index contributed by atoms with van der Waals surface area (Å²) in [7, 11) is -4.08. The third-order valence-electron chi connectivity index (χ3n) is 2.81. The molecule has 2 aromatic rings. The average molecular weight is 374 g/mol. The zero-order chi connectivity index (χ0) is 15.8. The maximum absolute atomic E-state index is 13.9. The van der Waals surface area contributed by atoms with Gasteiger partial charge in [0.25, 0.3) is 10.0 Å². The van der Waals surface area contributed by atoms with Gasteiger partial charge in [-0.1, -0.05) is 0 Å². The molecule has 0 amide bonds. The highest BCUT2D eigenvalue weighted by atomic mass is 79.9. The maximum Gasteiger partial charge on any atom is 0.264 e. The number of pyridine rings is 1. The topological polar surface area (TPSA) is 85.1 Å². The summed E-state index contributed by atoms with van der Waals surface area (Å²) in [6, 6.07) is 5.33. The Balaban J connectivity index is 2.46. The van der Waals surface area contributed by atoms with Gasteiger partial charge in [0.15, 0.2) is 0 Å². The van der Waals surface area contributed by atoms with Crippen LogP contribution >= 0.6 is 15.9 Å². The van der Waals surface area contributed by atoms with Gasteiger partial charge >= 0.3 is 0 Å². The fourth-order valence-corrected chi connectivity index (χ4v) is 3.27. The quantitative estimate of drug-likeness (QED) is 0.809. The van der Waals surface area contributed by atoms with Gasteiger partial charge in [-0.05, 0) is 54.0 Å². The van der Waals surface area contributed by atoms with Crippen molar-refractivity contribution < 1.29 is 12.8 Å². The van der Waals surface area contributed by atoms with Crippen molar-refractivity contribution >= 4 is 37.3 Å². The van der Waals surface area contributed by atoms with E-state index >= 15 is 0 Å². The number of aryl methyl sites for hydroxylation is 2. The first-order valence-corrected chi connectivity index (χ1v) is 8.20. The van der Waals surface area contributed by atoms with Crippen LogP contribution in [0.3, 0.4) is 0 Å². The Hall–Kier alpha value is -1.67. The molecule has 0 unspecified atom stereocenters. The third kappa shape index (κ3) is 3.33. The molecule has 1 aromatic carbocycles. The number of anilines is 2. The van der Waals surface area contributed by atoms with Crippen molar-refractivity contribution in [1.29, 1.82) is 0 Å². The van der Waals surface area contributed by atoms with E-state index in [9.17, 15) is 12.8 Å². The number of nitrogens with zero attached hydrogens (tertiary/aromatic N) is 1. The van der Waals surface area contributed by atoms with E-state index in [1.54, 1.807) is 26.0 Å². The number of nitrogen functional groups attached to an aromatic ring is 1. The number of sulfonamides is 1. The molecule has 0 aliphatic heterocycles. The first-order chi connectivity index (χ1) is 9.70. The number of hydrogen-bond donors (Lipinski definition) is 2. The number of nitrogens with two attached hydrogens (primary N) is 1. The lowest BCUT2D eigenvalue weighted by Crippen LogP contribution is -2.16.